The average molecular weight is 223 g/mol. The highest BCUT2D eigenvalue weighted by atomic mass is 15.3. The minimum atomic E-state index is 0.0948. The molecule has 92 valence electrons. The van der Waals surface area contributed by atoms with Crippen molar-refractivity contribution in [2.45, 2.75) is 60.5 Å². The summed E-state index contributed by atoms with van der Waals surface area (Å²) in [7, 11) is 0. The molecule has 3 heteroatoms. The van der Waals surface area contributed by atoms with E-state index in [1.54, 1.807) is 0 Å². The van der Waals surface area contributed by atoms with Crippen LogP contribution in [0.15, 0.2) is 0 Å². The third-order valence-electron chi connectivity index (χ3n) is 3.34. The van der Waals surface area contributed by atoms with Gasteiger partial charge in [0, 0.05) is 11.7 Å². The number of nitrogens with zero attached hydrogens (tertiary/aromatic N) is 2. The van der Waals surface area contributed by atoms with Crippen molar-refractivity contribution in [1.82, 2.24) is 9.78 Å². The first-order valence-corrected chi connectivity index (χ1v) is 5.94. The fourth-order valence-corrected chi connectivity index (χ4v) is 2.39. The van der Waals surface area contributed by atoms with Crippen LogP contribution in [0, 0.1) is 26.2 Å². The van der Waals surface area contributed by atoms with Crippen molar-refractivity contribution in [3.8, 4) is 0 Å². The van der Waals surface area contributed by atoms with Crippen molar-refractivity contribution in [2.75, 3.05) is 0 Å². The molecule has 1 aromatic heterocycles. The molecular weight excluding hydrogens is 198 g/mol. The molecule has 0 amide bonds. The van der Waals surface area contributed by atoms with Gasteiger partial charge in [0.05, 0.1) is 11.7 Å². The first-order chi connectivity index (χ1) is 7.16. The van der Waals surface area contributed by atoms with Crippen LogP contribution in [0.2, 0.25) is 0 Å². The summed E-state index contributed by atoms with van der Waals surface area (Å²) in [6, 6.07) is 0.331. The summed E-state index contributed by atoms with van der Waals surface area (Å²) in [4.78, 5) is 0. The molecule has 2 atom stereocenters. The molecule has 0 fully saturated rings. The molecule has 0 spiro atoms. The van der Waals surface area contributed by atoms with Crippen LogP contribution in [0.3, 0.4) is 0 Å². The van der Waals surface area contributed by atoms with Gasteiger partial charge < -0.3 is 5.73 Å². The normalized spacial score (nSPS) is 16.2. The zero-order valence-corrected chi connectivity index (χ0v) is 11.6. The second-order valence-corrected chi connectivity index (χ2v) is 5.91. The van der Waals surface area contributed by atoms with Gasteiger partial charge in [0.1, 0.15) is 0 Å². The number of aryl methyl sites for hydroxylation is 1. The molecule has 16 heavy (non-hydrogen) atoms. The lowest BCUT2D eigenvalue weighted by Crippen LogP contribution is -2.39. The SMILES string of the molecule is Cc1nn(C(C(C)N)C(C)(C)C)c(C)c1C. The summed E-state index contributed by atoms with van der Waals surface area (Å²) in [5.74, 6) is 0. The Morgan fingerprint density at radius 3 is 1.94 bits per heavy atom. The van der Waals surface area contributed by atoms with Crippen LogP contribution in [0.1, 0.15) is 50.7 Å². The van der Waals surface area contributed by atoms with Crippen molar-refractivity contribution in [1.29, 1.82) is 0 Å². The van der Waals surface area contributed by atoms with Crippen LogP contribution in [0.25, 0.3) is 0 Å². The van der Waals surface area contributed by atoms with E-state index in [9.17, 15) is 0 Å². The predicted molar refractivity (Wildman–Crippen MR) is 68.6 cm³/mol. The third-order valence-corrected chi connectivity index (χ3v) is 3.34. The van der Waals surface area contributed by atoms with E-state index in [0.29, 0.717) is 0 Å². The molecule has 0 saturated heterocycles. The van der Waals surface area contributed by atoms with E-state index in [1.807, 2.05) is 0 Å². The molecule has 0 saturated carbocycles. The Bertz CT molecular complexity index is 369. The number of aromatic nitrogens is 2. The monoisotopic (exact) mass is 223 g/mol. The van der Waals surface area contributed by atoms with Crippen LogP contribution in [-0.4, -0.2) is 15.8 Å². The molecule has 2 unspecified atom stereocenters. The van der Waals surface area contributed by atoms with Gasteiger partial charge in [-0.2, -0.15) is 5.10 Å². The van der Waals surface area contributed by atoms with Gasteiger partial charge in [-0.15, -0.1) is 0 Å². The molecule has 3 nitrogen and oxygen atoms in total. The fraction of sp³-hybridized carbons (Fsp3) is 0.769. The van der Waals surface area contributed by atoms with Crippen LogP contribution in [0.5, 0.6) is 0 Å². The van der Waals surface area contributed by atoms with Gasteiger partial charge in [0.2, 0.25) is 0 Å². The fourth-order valence-electron chi connectivity index (χ4n) is 2.39. The van der Waals surface area contributed by atoms with Crippen molar-refractivity contribution < 1.29 is 0 Å². The predicted octanol–water partition coefficient (Wildman–Crippen LogP) is 2.74. The van der Waals surface area contributed by atoms with Crippen molar-refractivity contribution in [3.63, 3.8) is 0 Å². The molecule has 0 bridgehead atoms. The van der Waals surface area contributed by atoms with E-state index in [1.165, 1.54) is 11.3 Å². The Hall–Kier alpha value is -0.830. The standard InChI is InChI=1S/C13H25N3/c1-8-10(3)15-16(11(8)4)12(9(2)14)13(5,6)7/h9,12H,14H2,1-7H3. The van der Waals surface area contributed by atoms with Gasteiger partial charge in [-0.25, -0.2) is 0 Å². The van der Waals surface area contributed by atoms with Crippen molar-refractivity contribution >= 4 is 0 Å². The second kappa shape index (κ2) is 4.21. The first-order valence-electron chi connectivity index (χ1n) is 5.94. The lowest BCUT2D eigenvalue weighted by Gasteiger charge is -2.34. The van der Waals surface area contributed by atoms with Crippen molar-refractivity contribution in [2.24, 2.45) is 11.1 Å². The number of hydrogen-bond acceptors (Lipinski definition) is 2. The topological polar surface area (TPSA) is 43.8 Å². The maximum absolute atomic E-state index is 6.12. The van der Waals surface area contributed by atoms with Gasteiger partial charge in [0.15, 0.2) is 0 Å². The molecule has 0 aliphatic heterocycles. The Morgan fingerprint density at radius 1 is 1.19 bits per heavy atom. The summed E-state index contributed by atoms with van der Waals surface area (Å²) >= 11 is 0. The largest absolute Gasteiger partial charge is 0.326 e. The van der Waals surface area contributed by atoms with E-state index in [2.05, 4.69) is 58.2 Å². The highest BCUT2D eigenvalue weighted by molar-refractivity contribution is 5.23. The minimum Gasteiger partial charge on any atom is -0.326 e. The van der Waals surface area contributed by atoms with Gasteiger partial charge in [0.25, 0.3) is 0 Å². The first kappa shape index (κ1) is 13.2. The summed E-state index contributed by atoms with van der Waals surface area (Å²) in [6.45, 7) is 15.0. The summed E-state index contributed by atoms with van der Waals surface area (Å²) in [5, 5.41) is 4.63. The molecule has 1 rings (SSSR count). The number of rotatable bonds is 2. The molecule has 1 aromatic rings. The Morgan fingerprint density at radius 2 is 1.69 bits per heavy atom. The molecule has 0 aliphatic carbocycles. The molecule has 0 aliphatic rings. The van der Waals surface area contributed by atoms with E-state index < -0.39 is 0 Å². The summed E-state index contributed by atoms with van der Waals surface area (Å²) in [5.41, 5.74) is 9.85. The van der Waals surface area contributed by atoms with E-state index in [4.69, 9.17) is 5.73 Å². The zero-order valence-electron chi connectivity index (χ0n) is 11.6. The quantitative estimate of drug-likeness (QED) is 0.838. The van der Waals surface area contributed by atoms with Crippen LogP contribution in [0.4, 0.5) is 0 Å². The zero-order chi connectivity index (χ0) is 12.7. The van der Waals surface area contributed by atoms with Crippen LogP contribution < -0.4 is 5.73 Å². The van der Waals surface area contributed by atoms with Crippen LogP contribution >= 0.6 is 0 Å². The third kappa shape index (κ3) is 2.29. The van der Waals surface area contributed by atoms with E-state index in [0.717, 1.165) is 5.69 Å². The second-order valence-electron chi connectivity index (χ2n) is 5.91. The highest BCUT2D eigenvalue weighted by Gasteiger charge is 2.31. The molecular formula is C13H25N3. The maximum atomic E-state index is 6.12. The molecule has 2 N–H and O–H groups in total. The molecule has 0 radical (unpaired) electrons. The molecule has 0 aromatic carbocycles. The van der Waals surface area contributed by atoms with E-state index in [-0.39, 0.29) is 17.5 Å². The van der Waals surface area contributed by atoms with Gasteiger partial charge >= 0.3 is 0 Å². The molecule has 1 heterocycles. The summed E-state index contributed by atoms with van der Waals surface area (Å²) < 4.78 is 2.11. The summed E-state index contributed by atoms with van der Waals surface area (Å²) in [6.07, 6.45) is 0. The van der Waals surface area contributed by atoms with Gasteiger partial charge in [-0.3, -0.25) is 4.68 Å². The Balaban J connectivity index is 3.28. The Labute approximate surface area is 99.0 Å². The lowest BCUT2D eigenvalue weighted by atomic mass is 9.83. The minimum absolute atomic E-state index is 0.0948. The van der Waals surface area contributed by atoms with Gasteiger partial charge in [-0.05, 0) is 38.7 Å². The Kier molecular flexibility index (Phi) is 3.48. The number of hydrogen-bond donors (Lipinski definition) is 1. The van der Waals surface area contributed by atoms with Crippen molar-refractivity contribution in [3.05, 3.63) is 17.0 Å². The van der Waals surface area contributed by atoms with Gasteiger partial charge in [-0.1, -0.05) is 20.8 Å². The van der Waals surface area contributed by atoms with E-state index >= 15 is 0 Å². The average Bonchev–Trinajstić information content (AvgIpc) is 2.31. The highest BCUT2D eigenvalue weighted by Crippen LogP contribution is 2.34. The smallest absolute Gasteiger partial charge is 0.0718 e. The van der Waals surface area contributed by atoms with Crippen LogP contribution in [-0.2, 0) is 0 Å². The maximum Gasteiger partial charge on any atom is 0.0718 e. The number of nitrogens with two attached hydrogens (primary N) is 1. The lowest BCUT2D eigenvalue weighted by molar-refractivity contribution is 0.193.